The minimum atomic E-state index is -0.401. The summed E-state index contributed by atoms with van der Waals surface area (Å²) in [6, 6.07) is 12.6. The van der Waals surface area contributed by atoms with Gasteiger partial charge in [0.1, 0.15) is 5.82 Å². The van der Waals surface area contributed by atoms with E-state index in [9.17, 15) is 9.18 Å². The number of ether oxygens (including phenoxy) is 1. The second-order valence-electron chi connectivity index (χ2n) is 4.16. The first-order chi connectivity index (χ1) is 10.1. The van der Waals surface area contributed by atoms with Crippen LogP contribution in [0.15, 0.2) is 48.5 Å². The number of carbonyl (C=O) groups is 1. The van der Waals surface area contributed by atoms with Gasteiger partial charge in [-0.05, 0) is 54.7 Å². The summed E-state index contributed by atoms with van der Waals surface area (Å²) in [5.74, 6) is -0.743. The number of thiocarbonyl (C=S) groups is 1. The van der Waals surface area contributed by atoms with E-state index >= 15 is 0 Å². The van der Waals surface area contributed by atoms with E-state index in [-0.39, 0.29) is 5.82 Å². The SMILES string of the molecule is COC(=O)c1ccc(NC(=S)Nc2cccc(F)c2)cc1. The van der Waals surface area contributed by atoms with Crippen LogP contribution in [0, 0.1) is 5.82 Å². The van der Waals surface area contributed by atoms with Gasteiger partial charge in [0.2, 0.25) is 0 Å². The number of halogens is 1. The average Bonchev–Trinajstić information content (AvgIpc) is 2.47. The number of benzene rings is 2. The highest BCUT2D eigenvalue weighted by atomic mass is 32.1. The van der Waals surface area contributed by atoms with E-state index in [1.165, 1.54) is 19.2 Å². The van der Waals surface area contributed by atoms with E-state index in [1.807, 2.05) is 0 Å². The molecule has 0 atom stereocenters. The third kappa shape index (κ3) is 4.25. The van der Waals surface area contributed by atoms with Crippen molar-refractivity contribution in [1.82, 2.24) is 0 Å². The van der Waals surface area contributed by atoms with Gasteiger partial charge < -0.3 is 15.4 Å². The summed E-state index contributed by atoms with van der Waals surface area (Å²) < 4.78 is 17.7. The van der Waals surface area contributed by atoms with Crippen LogP contribution >= 0.6 is 12.2 Å². The van der Waals surface area contributed by atoms with Crippen molar-refractivity contribution < 1.29 is 13.9 Å². The maximum Gasteiger partial charge on any atom is 0.337 e. The number of carbonyl (C=O) groups excluding carboxylic acids is 1. The maximum absolute atomic E-state index is 13.1. The summed E-state index contributed by atoms with van der Waals surface area (Å²) in [6.07, 6.45) is 0. The van der Waals surface area contributed by atoms with Crippen LogP contribution in [0.1, 0.15) is 10.4 Å². The lowest BCUT2D eigenvalue weighted by atomic mass is 10.2. The second kappa shape index (κ2) is 6.81. The fourth-order valence-corrected chi connectivity index (χ4v) is 1.90. The van der Waals surface area contributed by atoms with Crippen LogP contribution < -0.4 is 10.6 Å². The molecule has 6 heteroatoms. The quantitative estimate of drug-likeness (QED) is 0.672. The molecule has 0 aliphatic heterocycles. The molecule has 0 saturated heterocycles. The smallest absolute Gasteiger partial charge is 0.337 e. The van der Waals surface area contributed by atoms with E-state index in [2.05, 4.69) is 15.4 Å². The Bertz CT molecular complexity index is 659. The van der Waals surface area contributed by atoms with Crippen LogP contribution in [-0.4, -0.2) is 18.2 Å². The van der Waals surface area contributed by atoms with Crippen molar-refractivity contribution in [3.05, 3.63) is 59.9 Å². The van der Waals surface area contributed by atoms with Crippen molar-refractivity contribution in [3.63, 3.8) is 0 Å². The second-order valence-corrected chi connectivity index (χ2v) is 4.57. The highest BCUT2D eigenvalue weighted by molar-refractivity contribution is 7.80. The van der Waals surface area contributed by atoms with E-state index < -0.39 is 5.97 Å². The van der Waals surface area contributed by atoms with Crippen molar-refractivity contribution in [3.8, 4) is 0 Å². The van der Waals surface area contributed by atoms with Crippen LogP contribution in [0.3, 0.4) is 0 Å². The zero-order chi connectivity index (χ0) is 15.2. The van der Waals surface area contributed by atoms with Gasteiger partial charge in [-0.3, -0.25) is 0 Å². The van der Waals surface area contributed by atoms with Crippen molar-refractivity contribution in [2.75, 3.05) is 17.7 Å². The summed E-state index contributed by atoms with van der Waals surface area (Å²) in [5, 5.41) is 6.13. The molecule has 2 aromatic rings. The number of esters is 1. The first-order valence-electron chi connectivity index (χ1n) is 6.10. The van der Waals surface area contributed by atoms with Gasteiger partial charge in [-0.15, -0.1) is 0 Å². The molecule has 0 aliphatic rings. The number of hydrogen-bond donors (Lipinski definition) is 2. The summed E-state index contributed by atoms with van der Waals surface area (Å²) >= 11 is 5.13. The molecular formula is C15H13FN2O2S. The lowest BCUT2D eigenvalue weighted by Gasteiger charge is -2.10. The highest BCUT2D eigenvalue weighted by Crippen LogP contribution is 2.13. The van der Waals surface area contributed by atoms with Crippen molar-refractivity contribution >= 4 is 34.7 Å². The van der Waals surface area contributed by atoms with Gasteiger partial charge in [-0.25, -0.2) is 9.18 Å². The number of rotatable bonds is 3. The third-order valence-electron chi connectivity index (χ3n) is 2.65. The molecule has 0 spiro atoms. The van der Waals surface area contributed by atoms with Gasteiger partial charge in [-0.1, -0.05) is 6.07 Å². The van der Waals surface area contributed by atoms with Crippen LogP contribution in [-0.2, 0) is 4.74 Å². The van der Waals surface area contributed by atoms with Crippen LogP contribution in [0.2, 0.25) is 0 Å². The van der Waals surface area contributed by atoms with Gasteiger partial charge in [-0.2, -0.15) is 0 Å². The largest absolute Gasteiger partial charge is 0.465 e. The Kier molecular flexibility index (Phi) is 4.84. The molecule has 0 heterocycles. The number of methoxy groups -OCH3 is 1. The summed E-state index contributed by atoms with van der Waals surface area (Å²) in [6.45, 7) is 0. The molecule has 21 heavy (non-hydrogen) atoms. The van der Waals surface area contributed by atoms with Gasteiger partial charge in [0, 0.05) is 11.4 Å². The van der Waals surface area contributed by atoms with Gasteiger partial charge >= 0.3 is 5.97 Å². The van der Waals surface area contributed by atoms with Gasteiger partial charge in [0.25, 0.3) is 0 Å². The Morgan fingerprint density at radius 2 is 1.76 bits per heavy atom. The first-order valence-corrected chi connectivity index (χ1v) is 6.51. The number of nitrogens with one attached hydrogen (secondary N) is 2. The number of anilines is 2. The minimum absolute atomic E-state index is 0.325. The molecular weight excluding hydrogens is 291 g/mol. The molecule has 2 rings (SSSR count). The average molecular weight is 304 g/mol. The van der Waals surface area contributed by atoms with E-state index in [0.29, 0.717) is 22.1 Å². The first kappa shape index (κ1) is 14.9. The zero-order valence-corrected chi connectivity index (χ0v) is 12.0. The predicted octanol–water partition coefficient (Wildman–Crippen LogP) is 3.42. The molecule has 0 radical (unpaired) electrons. The topological polar surface area (TPSA) is 50.4 Å². The molecule has 0 fully saturated rings. The summed E-state index contributed by atoms with van der Waals surface area (Å²) in [7, 11) is 1.33. The summed E-state index contributed by atoms with van der Waals surface area (Å²) in [5.41, 5.74) is 1.71. The fraction of sp³-hybridized carbons (Fsp3) is 0.0667. The van der Waals surface area contributed by atoms with E-state index in [0.717, 1.165) is 0 Å². The Labute approximate surface area is 126 Å². The van der Waals surface area contributed by atoms with Crippen molar-refractivity contribution in [2.24, 2.45) is 0 Å². The van der Waals surface area contributed by atoms with Crippen LogP contribution in [0.5, 0.6) is 0 Å². The standard InChI is InChI=1S/C15H13FN2O2S/c1-20-14(19)10-5-7-12(8-6-10)17-15(21)18-13-4-2-3-11(16)9-13/h2-9H,1H3,(H2,17,18,21). The minimum Gasteiger partial charge on any atom is -0.465 e. The molecule has 0 bridgehead atoms. The van der Waals surface area contributed by atoms with Gasteiger partial charge in [0.05, 0.1) is 12.7 Å². The number of hydrogen-bond acceptors (Lipinski definition) is 3. The molecule has 108 valence electrons. The zero-order valence-electron chi connectivity index (χ0n) is 11.2. The van der Waals surface area contributed by atoms with Crippen molar-refractivity contribution in [1.29, 1.82) is 0 Å². The molecule has 2 aromatic carbocycles. The molecule has 0 saturated carbocycles. The van der Waals surface area contributed by atoms with Crippen LogP contribution in [0.4, 0.5) is 15.8 Å². The van der Waals surface area contributed by atoms with Gasteiger partial charge in [0.15, 0.2) is 5.11 Å². The fourth-order valence-electron chi connectivity index (χ4n) is 1.67. The Balaban J connectivity index is 1.98. The molecule has 0 unspecified atom stereocenters. The van der Waals surface area contributed by atoms with Crippen molar-refractivity contribution in [2.45, 2.75) is 0 Å². The normalized spacial score (nSPS) is 9.81. The lowest BCUT2D eigenvalue weighted by molar-refractivity contribution is 0.0601. The lowest BCUT2D eigenvalue weighted by Crippen LogP contribution is -2.19. The molecule has 0 aromatic heterocycles. The Morgan fingerprint density at radius 3 is 2.38 bits per heavy atom. The molecule has 0 aliphatic carbocycles. The van der Waals surface area contributed by atoms with Crippen LogP contribution in [0.25, 0.3) is 0 Å². The highest BCUT2D eigenvalue weighted by Gasteiger charge is 2.05. The molecule has 0 amide bonds. The Hall–Kier alpha value is -2.47. The Morgan fingerprint density at radius 1 is 1.10 bits per heavy atom. The predicted molar refractivity (Wildman–Crippen MR) is 84.0 cm³/mol. The maximum atomic E-state index is 13.1. The molecule has 4 nitrogen and oxygen atoms in total. The monoisotopic (exact) mass is 304 g/mol. The third-order valence-corrected chi connectivity index (χ3v) is 2.85. The van der Waals surface area contributed by atoms with E-state index in [1.54, 1.807) is 36.4 Å². The van der Waals surface area contributed by atoms with E-state index in [4.69, 9.17) is 12.2 Å². The molecule has 2 N–H and O–H groups in total. The summed E-state index contributed by atoms with van der Waals surface area (Å²) in [4.78, 5) is 11.3.